The second-order valence-corrected chi connectivity index (χ2v) is 12.7. The number of H-pyrrole nitrogens is 2. The lowest BCUT2D eigenvalue weighted by molar-refractivity contribution is 0.0600. The van der Waals surface area contributed by atoms with Gasteiger partial charge in [-0.3, -0.25) is 9.59 Å². The highest BCUT2D eigenvalue weighted by Crippen LogP contribution is 2.34. The van der Waals surface area contributed by atoms with Crippen molar-refractivity contribution < 1.29 is 19.4 Å². The van der Waals surface area contributed by atoms with E-state index in [0.717, 1.165) is 27.7 Å². The molecule has 0 aliphatic carbocycles. The van der Waals surface area contributed by atoms with Crippen molar-refractivity contribution in [2.75, 3.05) is 7.11 Å². The topological polar surface area (TPSA) is 129 Å². The number of rotatable bonds is 2. The van der Waals surface area contributed by atoms with Crippen LogP contribution in [-0.4, -0.2) is 34.1 Å². The van der Waals surface area contributed by atoms with Gasteiger partial charge in [-0.05, 0) is 68.3 Å². The Bertz CT molecular complexity index is 2000. The molecule has 4 aromatic heterocycles. The Labute approximate surface area is 231 Å². The van der Waals surface area contributed by atoms with Gasteiger partial charge in [-0.2, -0.15) is 0 Å². The van der Waals surface area contributed by atoms with Crippen molar-refractivity contribution in [1.29, 1.82) is 0 Å². The number of methoxy groups -OCH3 is 1. The minimum Gasteiger partial charge on any atom is -0.478 e. The number of halogens is 2. The van der Waals surface area contributed by atoms with Gasteiger partial charge in [0.2, 0.25) is 0 Å². The van der Waals surface area contributed by atoms with Crippen LogP contribution in [-0.2, 0) is 4.74 Å². The Morgan fingerprint density at radius 2 is 1.22 bits per heavy atom. The summed E-state index contributed by atoms with van der Waals surface area (Å²) in [4.78, 5) is 51.7. The first-order chi connectivity index (χ1) is 17.7. The monoisotopic (exact) mass is 660 g/mol. The lowest BCUT2D eigenvalue weighted by Crippen LogP contribution is -2.06. The van der Waals surface area contributed by atoms with Crippen LogP contribution in [0.3, 0.4) is 0 Å². The van der Waals surface area contributed by atoms with E-state index in [1.807, 2.05) is 6.07 Å². The summed E-state index contributed by atoms with van der Waals surface area (Å²) in [6.07, 6.45) is 0. The highest BCUT2D eigenvalue weighted by molar-refractivity contribution is 9.11. The number of ether oxygens (including phenoxy) is 1. The van der Waals surface area contributed by atoms with Crippen LogP contribution in [0.1, 0.15) is 20.7 Å². The Morgan fingerprint density at radius 1 is 0.757 bits per heavy atom. The molecule has 3 N–H and O–H groups in total. The Morgan fingerprint density at radius 3 is 1.68 bits per heavy atom. The molecule has 6 aromatic rings. The summed E-state index contributed by atoms with van der Waals surface area (Å²) < 4.78 is 8.21. The van der Waals surface area contributed by atoms with E-state index in [1.54, 1.807) is 30.3 Å². The average Bonchev–Trinajstić information content (AvgIpc) is 3.46. The zero-order valence-electron chi connectivity index (χ0n) is 18.7. The quantitative estimate of drug-likeness (QED) is 0.182. The average molecular weight is 662 g/mol. The molecule has 8 nitrogen and oxygen atoms in total. The van der Waals surface area contributed by atoms with Crippen molar-refractivity contribution in [3.63, 3.8) is 0 Å². The number of hydrogen-bond donors (Lipinski definition) is 3. The van der Waals surface area contributed by atoms with E-state index in [4.69, 9.17) is 5.11 Å². The number of aromatic carboxylic acids is 1. The highest BCUT2D eigenvalue weighted by Gasteiger charge is 2.13. The molecule has 12 heteroatoms. The van der Waals surface area contributed by atoms with Crippen molar-refractivity contribution in [3.8, 4) is 0 Å². The van der Waals surface area contributed by atoms with Crippen molar-refractivity contribution in [2.24, 2.45) is 0 Å². The van der Waals surface area contributed by atoms with Gasteiger partial charge in [0.15, 0.2) is 0 Å². The maximum Gasteiger partial charge on any atom is 0.337 e. The predicted molar refractivity (Wildman–Crippen MR) is 154 cm³/mol. The molecular weight excluding hydrogens is 648 g/mol. The summed E-state index contributed by atoms with van der Waals surface area (Å²) in [6, 6.07) is 13.5. The van der Waals surface area contributed by atoms with Crippen molar-refractivity contribution in [1.82, 2.24) is 9.97 Å². The minimum absolute atomic E-state index is 0.160. The highest BCUT2D eigenvalue weighted by atomic mass is 79.9. The van der Waals surface area contributed by atoms with Crippen molar-refractivity contribution in [2.45, 2.75) is 0 Å². The number of carboxylic acid groups (broad SMARTS) is 1. The van der Waals surface area contributed by atoms with E-state index in [-0.39, 0.29) is 16.7 Å². The van der Waals surface area contributed by atoms with E-state index in [1.165, 1.54) is 41.9 Å². The Kier molecular flexibility index (Phi) is 6.75. The standard InChI is InChI=1S/C13H8BrNO3S.C12H6BrNO3S/c1-18-13(17)6-2-3-7-9(4-6)15-12(16)8-5-10(14)19-11(7)8;13-9-4-7-10(18-9)6-2-1-5(12(16)17)3-8(6)14-11(7)15/h2-5H,1H3,(H,15,16);1-4H,(H,14,15)(H,16,17). The molecule has 0 fully saturated rings. The zero-order chi connectivity index (χ0) is 26.4. The molecule has 0 atom stereocenters. The van der Waals surface area contributed by atoms with Gasteiger partial charge in [0.25, 0.3) is 11.1 Å². The number of pyridine rings is 2. The number of nitrogens with one attached hydrogen (secondary N) is 2. The number of fused-ring (bicyclic) bond motifs is 6. The molecule has 0 unspecified atom stereocenters. The fourth-order valence-corrected chi connectivity index (χ4v) is 7.18. The van der Waals surface area contributed by atoms with Crippen LogP contribution < -0.4 is 11.1 Å². The number of thiophene rings is 2. The van der Waals surface area contributed by atoms with Crippen molar-refractivity contribution in [3.05, 3.63) is 87.9 Å². The number of esters is 1. The number of carbonyl (C=O) groups is 2. The van der Waals surface area contributed by atoms with Crippen LogP contribution in [0.2, 0.25) is 0 Å². The molecule has 0 aliphatic heterocycles. The summed E-state index contributed by atoms with van der Waals surface area (Å²) >= 11 is 9.69. The fourth-order valence-electron chi connectivity index (χ4n) is 3.91. The molecule has 2 aromatic carbocycles. The first kappa shape index (κ1) is 25.3. The maximum absolute atomic E-state index is 12.0. The SMILES string of the molecule is COC(=O)c1ccc2c(c1)[nH]c(=O)c1cc(Br)sc12.O=C(O)c1ccc2c(c1)[nH]c(=O)c1cc(Br)sc12. The normalized spacial score (nSPS) is 11.1. The number of carbonyl (C=O) groups excluding carboxylic acids is 1. The molecule has 0 amide bonds. The molecule has 186 valence electrons. The molecule has 4 heterocycles. The van der Waals surface area contributed by atoms with Gasteiger partial charge in [-0.25, -0.2) is 9.59 Å². The third kappa shape index (κ3) is 4.73. The van der Waals surface area contributed by atoms with E-state index < -0.39 is 11.9 Å². The first-order valence-electron chi connectivity index (χ1n) is 10.5. The molecule has 37 heavy (non-hydrogen) atoms. The molecule has 0 aliphatic rings. The van der Waals surface area contributed by atoms with Crippen LogP contribution >= 0.6 is 54.5 Å². The van der Waals surface area contributed by atoms with Gasteiger partial charge in [0.05, 0.1) is 57.0 Å². The van der Waals surface area contributed by atoms with Gasteiger partial charge >= 0.3 is 11.9 Å². The molecule has 0 saturated heterocycles. The summed E-state index contributed by atoms with van der Waals surface area (Å²) in [7, 11) is 1.33. The van der Waals surface area contributed by atoms with Gasteiger partial charge in [0, 0.05) is 10.8 Å². The molecule has 6 rings (SSSR count). The number of hydrogen-bond acceptors (Lipinski definition) is 7. The Balaban J connectivity index is 0.000000152. The van der Waals surface area contributed by atoms with E-state index in [0.29, 0.717) is 27.4 Å². The molecule has 0 bridgehead atoms. The second-order valence-electron chi connectivity index (χ2n) is 7.81. The number of aromatic amines is 2. The lowest BCUT2D eigenvalue weighted by Gasteiger charge is -2.03. The Hall–Kier alpha value is -3.32. The van der Waals surface area contributed by atoms with E-state index in [2.05, 4.69) is 46.6 Å². The van der Waals surface area contributed by atoms with Crippen LogP contribution in [0.4, 0.5) is 0 Å². The second kappa shape index (κ2) is 9.86. The van der Waals surface area contributed by atoms with E-state index >= 15 is 0 Å². The van der Waals surface area contributed by atoms with E-state index in [9.17, 15) is 19.2 Å². The summed E-state index contributed by atoms with van der Waals surface area (Å²) in [5.74, 6) is -1.43. The zero-order valence-corrected chi connectivity index (χ0v) is 23.5. The van der Waals surface area contributed by atoms with Crippen LogP contribution in [0.5, 0.6) is 0 Å². The number of carboxylic acids is 1. The largest absolute Gasteiger partial charge is 0.478 e. The molecule has 0 radical (unpaired) electrons. The number of benzene rings is 2. The van der Waals surface area contributed by atoms with Gasteiger partial charge in [-0.1, -0.05) is 12.1 Å². The lowest BCUT2D eigenvalue weighted by atomic mass is 10.1. The number of aromatic nitrogens is 2. The third-order valence-corrected chi connectivity index (χ3v) is 8.93. The van der Waals surface area contributed by atoms with Gasteiger partial charge < -0.3 is 19.8 Å². The molecule has 0 spiro atoms. The predicted octanol–water partition coefficient (Wildman–Crippen LogP) is 6.50. The van der Waals surface area contributed by atoms with Crippen LogP contribution in [0.25, 0.3) is 42.0 Å². The molecule has 0 saturated carbocycles. The van der Waals surface area contributed by atoms with Crippen LogP contribution in [0.15, 0.2) is 65.7 Å². The maximum atomic E-state index is 12.0. The third-order valence-electron chi connectivity index (χ3n) is 5.59. The summed E-state index contributed by atoms with van der Waals surface area (Å²) in [6.45, 7) is 0. The smallest absolute Gasteiger partial charge is 0.337 e. The first-order valence-corrected chi connectivity index (χ1v) is 13.7. The fraction of sp³-hybridized carbons (Fsp3) is 0.0400. The van der Waals surface area contributed by atoms with Crippen molar-refractivity contribution >= 4 is 108 Å². The summed E-state index contributed by atoms with van der Waals surface area (Å²) in [5.41, 5.74) is 1.39. The minimum atomic E-state index is -1.01. The van der Waals surface area contributed by atoms with Gasteiger partial charge in [0.1, 0.15) is 0 Å². The van der Waals surface area contributed by atoms with Gasteiger partial charge in [-0.15, -0.1) is 22.7 Å². The summed E-state index contributed by atoms with van der Waals surface area (Å²) in [5, 5.41) is 12.0. The molecular formula is C25H14Br2N2O6S2. The van der Waals surface area contributed by atoms with Crippen LogP contribution in [0, 0.1) is 0 Å².